The van der Waals surface area contributed by atoms with E-state index in [0.29, 0.717) is 47.6 Å². The van der Waals surface area contributed by atoms with E-state index in [4.69, 9.17) is 14.6 Å². The van der Waals surface area contributed by atoms with Crippen molar-refractivity contribution in [2.75, 3.05) is 6.61 Å². The molecule has 256 valence electrons. The number of hydrogen-bond acceptors (Lipinski definition) is 6. The molecule has 2 bridgehead atoms. The monoisotopic (exact) mass is 671 g/mol. The van der Waals surface area contributed by atoms with Crippen molar-refractivity contribution in [3.8, 4) is 17.2 Å². The Morgan fingerprint density at radius 3 is 2.47 bits per heavy atom. The number of amides is 1. The maximum Gasteiger partial charge on any atom is 0.411 e. The summed E-state index contributed by atoms with van der Waals surface area (Å²) in [6, 6.07) is 6.22. The van der Waals surface area contributed by atoms with Gasteiger partial charge in [0.05, 0.1) is 40.2 Å². The zero-order valence-electron chi connectivity index (χ0n) is 28.2. The zero-order chi connectivity index (χ0) is 34.4. The molecule has 3 aliphatic rings. The number of carbonyl (C=O) groups is 1. The largest absolute Gasteiger partial charge is 0.444 e. The summed E-state index contributed by atoms with van der Waals surface area (Å²) in [7, 11) is 0. The van der Waals surface area contributed by atoms with E-state index >= 15 is 4.39 Å². The molecule has 1 unspecified atom stereocenters. The molecule has 0 spiro atoms. The lowest BCUT2D eigenvalue weighted by Gasteiger charge is -2.35. The average Bonchev–Trinajstić information content (AvgIpc) is 3.83. The highest BCUT2D eigenvalue weighted by atomic mass is 19.1. The predicted molar refractivity (Wildman–Crippen MR) is 178 cm³/mol. The summed E-state index contributed by atoms with van der Waals surface area (Å²) in [5.74, 6) is -0.466. The molecular weight excluding hydrogens is 632 g/mol. The molecule has 0 saturated carbocycles. The first-order chi connectivity index (χ1) is 23.4. The van der Waals surface area contributed by atoms with Gasteiger partial charge in [0.15, 0.2) is 12.0 Å². The fraction of sp³-hybridized carbons (Fsp3) is 0.444. The van der Waals surface area contributed by atoms with E-state index in [9.17, 15) is 14.0 Å². The van der Waals surface area contributed by atoms with Gasteiger partial charge in [0.2, 0.25) is 0 Å². The molecule has 3 atom stereocenters. The van der Waals surface area contributed by atoms with Gasteiger partial charge in [0, 0.05) is 37.0 Å². The van der Waals surface area contributed by atoms with Gasteiger partial charge in [-0.3, -0.25) is 14.0 Å². The van der Waals surface area contributed by atoms with E-state index in [1.807, 2.05) is 20.8 Å². The zero-order valence-corrected chi connectivity index (χ0v) is 28.2. The van der Waals surface area contributed by atoms with Gasteiger partial charge < -0.3 is 9.47 Å². The van der Waals surface area contributed by atoms with Gasteiger partial charge in [-0.1, -0.05) is 0 Å². The second-order valence-electron chi connectivity index (χ2n) is 14.4. The quantitative estimate of drug-likeness (QED) is 0.210. The van der Waals surface area contributed by atoms with Crippen molar-refractivity contribution < 1.29 is 23.0 Å². The number of fused-ring (bicyclic) bond motifs is 5. The predicted octanol–water partition coefficient (Wildman–Crippen LogP) is 6.75. The lowest BCUT2D eigenvalue weighted by atomic mass is 9.99. The number of nitrogens with zero attached hydrogens (tertiary/aromatic N) is 7. The van der Waals surface area contributed by atoms with E-state index in [2.05, 4.69) is 5.10 Å². The van der Waals surface area contributed by atoms with Crippen LogP contribution in [0.25, 0.3) is 28.1 Å². The van der Waals surface area contributed by atoms with E-state index in [1.165, 1.54) is 21.5 Å². The van der Waals surface area contributed by atoms with Gasteiger partial charge in [0.25, 0.3) is 0 Å². The normalized spacial score (nSPS) is 20.6. The topological polar surface area (TPSA) is 101 Å². The van der Waals surface area contributed by atoms with Gasteiger partial charge in [-0.15, -0.1) is 0 Å². The van der Waals surface area contributed by atoms with E-state index in [0.717, 1.165) is 36.9 Å². The lowest BCUT2D eigenvalue weighted by Crippen LogP contribution is -2.44. The second kappa shape index (κ2) is 11.4. The number of rotatable bonds is 4. The Balaban J connectivity index is 1.27. The molecule has 5 aromatic rings. The van der Waals surface area contributed by atoms with Crippen molar-refractivity contribution >= 4 is 17.0 Å². The number of ether oxygens (including phenoxy) is 2. The van der Waals surface area contributed by atoms with Crippen molar-refractivity contribution in [3.63, 3.8) is 0 Å². The molecular formula is C36H39F2N7O4. The van der Waals surface area contributed by atoms with Crippen molar-refractivity contribution in [2.45, 2.75) is 97.1 Å². The molecule has 0 N–H and O–H groups in total. The molecule has 13 heteroatoms. The summed E-state index contributed by atoms with van der Waals surface area (Å²) in [5, 5.41) is 9.72. The van der Waals surface area contributed by atoms with Crippen LogP contribution in [-0.2, 0) is 15.9 Å². The second-order valence-corrected chi connectivity index (χ2v) is 14.4. The lowest BCUT2D eigenvalue weighted by molar-refractivity contribution is -0.0366. The number of aryl methyl sites for hydroxylation is 2. The molecule has 6 heterocycles. The summed E-state index contributed by atoms with van der Waals surface area (Å²) in [6.07, 6.45) is 8.57. The molecule has 2 aromatic carbocycles. The van der Waals surface area contributed by atoms with Crippen molar-refractivity contribution in [3.05, 3.63) is 87.4 Å². The molecule has 2 saturated heterocycles. The highest BCUT2D eigenvalue weighted by Gasteiger charge is 2.48. The van der Waals surface area contributed by atoms with Gasteiger partial charge in [-0.25, -0.2) is 27.7 Å². The van der Waals surface area contributed by atoms with Gasteiger partial charge in [0.1, 0.15) is 17.2 Å². The first-order valence-electron chi connectivity index (χ1n) is 16.9. The number of carbonyl (C=O) groups excluding carboxylic acids is 1. The Morgan fingerprint density at radius 1 is 1.00 bits per heavy atom. The van der Waals surface area contributed by atoms with Crippen LogP contribution in [0.5, 0.6) is 0 Å². The molecule has 3 aromatic heterocycles. The molecule has 1 amide bonds. The van der Waals surface area contributed by atoms with Gasteiger partial charge in [-0.2, -0.15) is 10.2 Å². The van der Waals surface area contributed by atoms with Crippen LogP contribution in [0, 0.1) is 25.5 Å². The Labute approximate surface area is 281 Å². The molecule has 8 rings (SSSR count). The summed E-state index contributed by atoms with van der Waals surface area (Å²) in [4.78, 5) is 29.7. The molecule has 49 heavy (non-hydrogen) atoms. The van der Waals surface area contributed by atoms with E-state index < -0.39 is 29.2 Å². The SMILES string of the molecule is Cc1cc(-n2nc3c(c2-n2ccn(-c4ccc5c(cnn5C5CCCCO5)c4F)c2=O)[C@@H]2CC[C@H](C3)N2C(=O)OC(C)(C)C)cc(C)c1F. The van der Waals surface area contributed by atoms with Crippen molar-refractivity contribution in [1.82, 2.24) is 33.6 Å². The minimum atomic E-state index is -0.688. The standard InChI is InChI=1S/C36H39F2N7O4/c1-20-16-23(17-21(2)31(20)37)44-33(30-25(40-44)18-22-9-10-27(30)43(22)35(47)49-36(3,4)5)42-14-13-41(34(42)46)28-12-11-26-24(32(28)38)19-39-45(26)29-8-6-7-15-48-29/h11-14,16-17,19,22,27,29H,6-10,15,18H2,1-5H3/t22-,27+,29?/m1/s1. The number of imidazole rings is 1. The summed E-state index contributed by atoms with van der Waals surface area (Å²) < 4.78 is 48.8. The molecule has 0 radical (unpaired) electrons. The maximum atomic E-state index is 16.2. The van der Waals surface area contributed by atoms with Crippen LogP contribution >= 0.6 is 0 Å². The Morgan fingerprint density at radius 2 is 1.76 bits per heavy atom. The average molecular weight is 672 g/mol. The highest BCUT2D eigenvalue weighted by molar-refractivity contribution is 5.82. The van der Waals surface area contributed by atoms with Crippen LogP contribution in [0.2, 0.25) is 0 Å². The van der Waals surface area contributed by atoms with Gasteiger partial charge in [-0.05, 0) is 102 Å². The van der Waals surface area contributed by atoms with Crippen LogP contribution in [0.3, 0.4) is 0 Å². The minimum absolute atomic E-state index is 0.0741. The van der Waals surface area contributed by atoms with E-state index in [1.54, 1.807) is 58.6 Å². The smallest absolute Gasteiger partial charge is 0.411 e. The van der Waals surface area contributed by atoms with Crippen molar-refractivity contribution in [1.29, 1.82) is 0 Å². The van der Waals surface area contributed by atoms with Crippen LogP contribution < -0.4 is 5.69 Å². The first-order valence-corrected chi connectivity index (χ1v) is 16.9. The Hall–Kier alpha value is -4.78. The first kappa shape index (κ1) is 31.5. The van der Waals surface area contributed by atoms with Crippen LogP contribution in [0.4, 0.5) is 13.6 Å². The fourth-order valence-corrected chi connectivity index (χ4v) is 7.72. The number of halogens is 2. The number of aromatic nitrogens is 6. The third kappa shape index (κ3) is 5.08. The fourth-order valence-electron chi connectivity index (χ4n) is 7.72. The number of hydrogen-bond donors (Lipinski definition) is 0. The third-order valence-electron chi connectivity index (χ3n) is 9.90. The summed E-state index contributed by atoms with van der Waals surface area (Å²) in [5.41, 5.74) is 2.38. The van der Waals surface area contributed by atoms with Crippen LogP contribution in [-0.4, -0.2) is 57.9 Å². The number of benzene rings is 2. The molecule has 11 nitrogen and oxygen atoms in total. The Kier molecular flexibility index (Phi) is 7.32. The maximum absolute atomic E-state index is 16.2. The van der Waals surface area contributed by atoms with Crippen LogP contribution in [0.1, 0.15) is 87.5 Å². The Bertz CT molecular complexity index is 2160. The molecule has 0 aliphatic carbocycles. The molecule has 3 aliphatic heterocycles. The minimum Gasteiger partial charge on any atom is -0.444 e. The summed E-state index contributed by atoms with van der Waals surface area (Å²) >= 11 is 0. The van der Waals surface area contributed by atoms with Crippen LogP contribution in [0.15, 0.2) is 47.7 Å². The molecule has 2 fully saturated rings. The summed E-state index contributed by atoms with van der Waals surface area (Å²) in [6.45, 7) is 9.50. The van der Waals surface area contributed by atoms with Gasteiger partial charge >= 0.3 is 11.8 Å². The van der Waals surface area contributed by atoms with Crippen molar-refractivity contribution in [2.24, 2.45) is 0 Å². The van der Waals surface area contributed by atoms with E-state index in [-0.39, 0.29) is 29.2 Å². The third-order valence-corrected chi connectivity index (χ3v) is 9.90. The highest BCUT2D eigenvalue weighted by Crippen LogP contribution is 2.47.